The molecule has 34 heavy (non-hydrogen) atoms. The van der Waals surface area contributed by atoms with Crippen molar-refractivity contribution < 1.29 is 4.79 Å². The number of hydrogen-bond acceptors (Lipinski definition) is 6. The van der Waals surface area contributed by atoms with Gasteiger partial charge in [-0.25, -0.2) is 0 Å². The maximum atomic E-state index is 13.2. The van der Waals surface area contributed by atoms with Crippen molar-refractivity contribution in [3.8, 4) is 6.07 Å². The van der Waals surface area contributed by atoms with Crippen molar-refractivity contribution >= 4 is 46.1 Å². The molecule has 0 unspecified atom stereocenters. The molecule has 0 atom stereocenters. The molecule has 4 rings (SSSR count). The van der Waals surface area contributed by atoms with Gasteiger partial charge in [0, 0.05) is 32.2 Å². The third-order valence-corrected chi connectivity index (χ3v) is 8.19. The maximum Gasteiger partial charge on any atom is 0.270 e. The molecule has 0 radical (unpaired) electrons. The smallest absolute Gasteiger partial charge is 0.270 e. The van der Waals surface area contributed by atoms with Gasteiger partial charge in [-0.15, -0.1) is 0 Å². The van der Waals surface area contributed by atoms with Crippen molar-refractivity contribution in [2.45, 2.75) is 39.7 Å². The molecule has 0 aliphatic carbocycles. The van der Waals surface area contributed by atoms with Crippen LogP contribution in [0.1, 0.15) is 42.0 Å². The van der Waals surface area contributed by atoms with Crippen molar-refractivity contribution in [2.24, 2.45) is 5.92 Å². The summed E-state index contributed by atoms with van der Waals surface area (Å²) in [7, 11) is 1.66. The number of nitrogens with zero attached hydrogens (tertiary/aromatic N) is 4. The van der Waals surface area contributed by atoms with Crippen LogP contribution in [0.4, 0.5) is 5.82 Å². The molecule has 0 bridgehead atoms. The Morgan fingerprint density at radius 2 is 1.88 bits per heavy atom. The molecule has 0 N–H and O–H groups in total. The lowest BCUT2D eigenvalue weighted by Crippen LogP contribution is -2.39. The number of piperidine rings is 1. The van der Waals surface area contributed by atoms with Crippen molar-refractivity contribution in [3.05, 3.63) is 67.8 Å². The predicted molar refractivity (Wildman–Crippen MR) is 142 cm³/mol. The standard InChI is InChI=1S/C26H28N4O2S2/c1-4-30-23(29-12-10-19(11-13-29)14-18-8-6-5-7-9-18)20(17(2)21(16-27)24(30)31)15-22-25(32)28(3)26(33)34-22/h5-9,15,19H,4,10-14H2,1-3H3. The maximum absolute atomic E-state index is 13.2. The topological polar surface area (TPSA) is 69.3 Å². The number of aromatic nitrogens is 1. The fourth-order valence-electron chi connectivity index (χ4n) is 4.75. The average molecular weight is 493 g/mol. The first-order valence-corrected chi connectivity index (χ1v) is 12.8. The zero-order valence-electron chi connectivity index (χ0n) is 19.7. The zero-order valence-corrected chi connectivity index (χ0v) is 21.3. The average Bonchev–Trinajstić information content (AvgIpc) is 3.08. The molecule has 176 valence electrons. The highest BCUT2D eigenvalue weighted by Gasteiger charge is 2.31. The van der Waals surface area contributed by atoms with Gasteiger partial charge >= 0.3 is 0 Å². The van der Waals surface area contributed by atoms with E-state index in [1.807, 2.05) is 19.1 Å². The number of amides is 1. The van der Waals surface area contributed by atoms with Gasteiger partial charge in [0.1, 0.15) is 21.8 Å². The van der Waals surface area contributed by atoms with E-state index in [4.69, 9.17) is 12.2 Å². The normalized spacial score (nSPS) is 18.1. The first-order chi connectivity index (χ1) is 16.3. The van der Waals surface area contributed by atoms with E-state index in [-0.39, 0.29) is 17.0 Å². The molecule has 2 saturated heterocycles. The monoisotopic (exact) mass is 492 g/mol. The summed E-state index contributed by atoms with van der Waals surface area (Å²) in [5.74, 6) is 1.22. The molecule has 1 aromatic heterocycles. The Morgan fingerprint density at radius 1 is 1.21 bits per heavy atom. The second kappa shape index (κ2) is 10.2. The Hall–Kier alpha value is -2.89. The number of pyridine rings is 1. The number of carbonyl (C=O) groups excluding carboxylic acids is 1. The van der Waals surface area contributed by atoms with Gasteiger partial charge < -0.3 is 4.90 Å². The summed E-state index contributed by atoms with van der Waals surface area (Å²) in [6.07, 6.45) is 4.90. The molecular formula is C26H28N4O2S2. The van der Waals surface area contributed by atoms with Crippen LogP contribution in [0, 0.1) is 24.2 Å². The number of carbonyl (C=O) groups is 1. The molecule has 0 spiro atoms. The number of hydrogen-bond donors (Lipinski definition) is 0. The SMILES string of the molecule is CCn1c(N2CCC(Cc3ccccc3)CC2)c(C=C2SC(=S)N(C)C2=O)c(C)c(C#N)c1=O. The van der Waals surface area contributed by atoms with Gasteiger partial charge in [0.25, 0.3) is 11.5 Å². The molecule has 6 nitrogen and oxygen atoms in total. The lowest BCUT2D eigenvalue weighted by Gasteiger charge is -2.36. The summed E-state index contributed by atoms with van der Waals surface area (Å²) < 4.78 is 2.18. The van der Waals surface area contributed by atoms with Crippen LogP contribution in [0.25, 0.3) is 6.08 Å². The largest absolute Gasteiger partial charge is 0.357 e. The minimum atomic E-state index is -0.274. The second-order valence-corrected chi connectivity index (χ2v) is 10.4. The summed E-state index contributed by atoms with van der Waals surface area (Å²) in [5, 5.41) is 9.72. The van der Waals surface area contributed by atoms with Gasteiger partial charge in [0.2, 0.25) is 0 Å². The van der Waals surface area contributed by atoms with Gasteiger partial charge in [0.15, 0.2) is 0 Å². The van der Waals surface area contributed by atoms with E-state index in [0.717, 1.165) is 43.7 Å². The third kappa shape index (κ3) is 4.55. The molecule has 8 heteroatoms. The number of anilines is 1. The number of benzene rings is 1. The zero-order chi connectivity index (χ0) is 24.4. The highest BCUT2D eigenvalue weighted by atomic mass is 32.2. The van der Waals surface area contributed by atoms with Crippen LogP contribution in [0.3, 0.4) is 0 Å². The highest BCUT2D eigenvalue weighted by molar-refractivity contribution is 8.26. The molecule has 3 heterocycles. The van der Waals surface area contributed by atoms with Crippen molar-refractivity contribution in [3.63, 3.8) is 0 Å². The molecular weight excluding hydrogens is 464 g/mol. The number of nitriles is 1. The minimum Gasteiger partial charge on any atom is -0.357 e. The van der Waals surface area contributed by atoms with E-state index < -0.39 is 0 Å². The Balaban J connectivity index is 1.72. The van der Waals surface area contributed by atoms with Crippen LogP contribution in [0.5, 0.6) is 0 Å². The van der Waals surface area contributed by atoms with Gasteiger partial charge in [-0.05, 0) is 56.2 Å². The number of likely N-dealkylation sites (N-methyl/N-ethyl adjacent to an activating group) is 1. The Morgan fingerprint density at radius 3 is 2.44 bits per heavy atom. The summed E-state index contributed by atoms with van der Waals surface area (Å²) in [6.45, 7) is 5.79. The molecule has 2 aromatic rings. The summed E-state index contributed by atoms with van der Waals surface area (Å²) in [5.41, 5.74) is 2.57. The predicted octanol–water partition coefficient (Wildman–Crippen LogP) is 4.34. The van der Waals surface area contributed by atoms with E-state index in [9.17, 15) is 14.9 Å². The lowest BCUT2D eigenvalue weighted by atomic mass is 9.90. The number of thiocarbonyl (C=S) groups is 1. The van der Waals surface area contributed by atoms with Crippen molar-refractivity contribution in [1.29, 1.82) is 5.26 Å². The molecule has 2 aliphatic rings. The fraction of sp³-hybridized carbons (Fsp3) is 0.385. The van der Waals surface area contributed by atoms with Crippen LogP contribution in [-0.2, 0) is 17.8 Å². The summed E-state index contributed by atoms with van der Waals surface area (Å²) in [6, 6.07) is 12.6. The minimum absolute atomic E-state index is 0.128. The van der Waals surface area contributed by atoms with E-state index >= 15 is 0 Å². The van der Waals surface area contributed by atoms with Crippen LogP contribution < -0.4 is 10.5 Å². The number of thioether (sulfide) groups is 1. The van der Waals surface area contributed by atoms with Gasteiger partial charge in [-0.1, -0.05) is 54.3 Å². The molecule has 1 amide bonds. The quantitative estimate of drug-likeness (QED) is 0.457. The first-order valence-electron chi connectivity index (χ1n) is 11.5. The second-order valence-electron chi connectivity index (χ2n) is 8.76. The van der Waals surface area contributed by atoms with E-state index in [0.29, 0.717) is 27.3 Å². The highest BCUT2D eigenvalue weighted by Crippen LogP contribution is 2.36. The van der Waals surface area contributed by atoms with E-state index in [1.54, 1.807) is 18.5 Å². The Kier molecular flexibility index (Phi) is 7.24. The first kappa shape index (κ1) is 24.2. The fourth-order valence-corrected chi connectivity index (χ4v) is 5.91. The Labute approximate surface area is 209 Å². The van der Waals surface area contributed by atoms with Crippen LogP contribution >= 0.6 is 24.0 Å². The van der Waals surface area contributed by atoms with Gasteiger partial charge in [0.05, 0.1) is 4.91 Å². The van der Waals surface area contributed by atoms with Gasteiger partial charge in [-0.3, -0.25) is 19.1 Å². The van der Waals surface area contributed by atoms with E-state index in [2.05, 4.69) is 35.2 Å². The van der Waals surface area contributed by atoms with Crippen molar-refractivity contribution in [2.75, 3.05) is 25.0 Å². The summed E-state index contributed by atoms with van der Waals surface area (Å²) in [4.78, 5) is 30.1. The molecule has 0 saturated carbocycles. The van der Waals surface area contributed by atoms with Crippen LogP contribution in [0.15, 0.2) is 40.0 Å². The molecule has 2 aliphatic heterocycles. The van der Waals surface area contributed by atoms with E-state index in [1.165, 1.54) is 22.2 Å². The third-order valence-electron chi connectivity index (χ3n) is 6.71. The van der Waals surface area contributed by atoms with Crippen LogP contribution in [0.2, 0.25) is 0 Å². The number of rotatable bonds is 5. The summed E-state index contributed by atoms with van der Waals surface area (Å²) >= 11 is 6.55. The van der Waals surface area contributed by atoms with Crippen LogP contribution in [-0.4, -0.2) is 39.8 Å². The Bertz CT molecular complexity index is 1250. The lowest BCUT2D eigenvalue weighted by molar-refractivity contribution is -0.121. The van der Waals surface area contributed by atoms with Gasteiger partial charge in [-0.2, -0.15) is 5.26 Å². The molecule has 2 fully saturated rings. The van der Waals surface area contributed by atoms with Crippen molar-refractivity contribution in [1.82, 2.24) is 9.47 Å². The molecule has 1 aromatic carbocycles.